The highest BCUT2D eigenvalue weighted by atomic mass is 32.1. The van der Waals surface area contributed by atoms with Crippen LogP contribution in [0.25, 0.3) is 0 Å². The molecule has 0 aliphatic rings. The van der Waals surface area contributed by atoms with Gasteiger partial charge >= 0.3 is 0 Å². The summed E-state index contributed by atoms with van der Waals surface area (Å²) in [6.07, 6.45) is 2.83. The van der Waals surface area contributed by atoms with Gasteiger partial charge in [-0.3, -0.25) is 9.78 Å². The van der Waals surface area contributed by atoms with E-state index in [1.807, 2.05) is 30.6 Å². The monoisotopic (exact) mass is 351 g/mol. The molecule has 5 heteroatoms. The number of hydrogen-bond donors (Lipinski definition) is 0. The molecule has 0 saturated carbocycles. The van der Waals surface area contributed by atoms with Crippen molar-refractivity contribution in [2.45, 2.75) is 26.3 Å². The number of thiazole rings is 1. The van der Waals surface area contributed by atoms with Crippen molar-refractivity contribution in [1.29, 1.82) is 0 Å². The Bertz CT molecular complexity index is 828. The number of nitrogens with zero attached hydrogens (tertiary/aromatic N) is 3. The third-order valence-electron chi connectivity index (χ3n) is 3.96. The van der Waals surface area contributed by atoms with Gasteiger partial charge < -0.3 is 4.90 Å². The molecule has 0 aliphatic carbocycles. The fraction of sp³-hybridized carbons (Fsp3) is 0.250. The third kappa shape index (κ3) is 4.97. The van der Waals surface area contributed by atoms with Gasteiger partial charge in [0, 0.05) is 37.3 Å². The number of benzene rings is 1. The molecular formula is C20H21N3OS. The van der Waals surface area contributed by atoms with Gasteiger partial charge in [0.25, 0.3) is 0 Å². The van der Waals surface area contributed by atoms with Gasteiger partial charge in [0.15, 0.2) is 0 Å². The molecule has 3 rings (SSSR count). The minimum Gasteiger partial charge on any atom is -0.341 e. The maximum atomic E-state index is 12.4. The lowest BCUT2D eigenvalue weighted by Gasteiger charge is -2.16. The van der Waals surface area contributed by atoms with Crippen LogP contribution in [0.4, 0.5) is 0 Å². The smallest absolute Gasteiger partial charge is 0.228 e. The first-order valence-electron chi connectivity index (χ1n) is 8.23. The summed E-state index contributed by atoms with van der Waals surface area (Å²) in [5, 5.41) is 2.96. The minimum absolute atomic E-state index is 0.0789. The first-order valence-corrected chi connectivity index (χ1v) is 9.11. The molecule has 128 valence electrons. The maximum Gasteiger partial charge on any atom is 0.228 e. The predicted octanol–water partition coefficient (Wildman–Crippen LogP) is 3.64. The summed E-state index contributed by atoms with van der Waals surface area (Å²) in [4.78, 5) is 23.1. The van der Waals surface area contributed by atoms with Gasteiger partial charge in [-0.1, -0.05) is 35.9 Å². The number of pyridine rings is 1. The van der Waals surface area contributed by atoms with E-state index in [0.29, 0.717) is 19.4 Å². The molecular weight excluding hydrogens is 330 g/mol. The van der Waals surface area contributed by atoms with Crippen molar-refractivity contribution >= 4 is 17.2 Å². The number of aryl methyl sites for hydroxylation is 1. The molecule has 0 radical (unpaired) electrons. The summed E-state index contributed by atoms with van der Waals surface area (Å²) < 4.78 is 0. The van der Waals surface area contributed by atoms with Crippen LogP contribution in [0.1, 0.15) is 27.5 Å². The molecule has 0 N–H and O–H groups in total. The molecule has 3 aromatic rings. The zero-order valence-corrected chi connectivity index (χ0v) is 15.3. The molecule has 0 unspecified atom stereocenters. The lowest BCUT2D eigenvalue weighted by Crippen LogP contribution is -2.27. The van der Waals surface area contributed by atoms with E-state index in [-0.39, 0.29) is 5.91 Å². The second kappa shape index (κ2) is 8.03. The van der Waals surface area contributed by atoms with Crippen molar-refractivity contribution < 1.29 is 4.79 Å². The Morgan fingerprint density at radius 1 is 1.12 bits per heavy atom. The largest absolute Gasteiger partial charge is 0.341 e. The van der Waals surface area contributed by atoms with E-state index < -0.39 is 0 Å². The molecule has 0 fully saturated rings. The van der Waals surface area contributed by atoms with Crippen LogP contribution < -0.4 is 0 Å². The van der Waals surface area contributed by atoms with Crippen molar-refractivity contribution in [3.8, 4) is 0 Å². The summed E-state index contributed by atoms with van der Waals surface area (Å²) in [5.74, 6) is 0.0789. The summed E-state index contributed by atoms with van der Waals surface area (Å²) in [7, 11) is 1.84. The zero-order valence-electron chi connectivity index (χ0n) is 14.5. The Kier molecular flexibility index (Phi) is 5.56. The minimum atomic E-state index is 0.0789. The van der Waals surface area contributed by atoms with Gasteiger partial charge in [0.05, 0.1) is 17.1 Å². The van der Waals surface area contributed by atoms with Crippen LogP contribution in [0.15, 0.2) is 54.0 Å². The molecule has 2 heterocycles. The number of carbonyl (C=O) groups is 1. The van der Waals surface area contributed by atoms with Gasteiger partial charge in [-0.15, -0.1) is 11.3 Å². The maximum absolute atomic E-state index is 12.4. The second-order valence-electron chi connectivity index (χ2n) is 6.14. The van der Waals surface area contributed by atoms with Gasteiger partial charge in [-0.25, -0.2) is 4.98 Å². The number of amides is 1. The van der Waals surface area contributed by atoms with Crippen LogP contribution in [0, 0.1) is 6.92 Å². The van der Waals surface area contributed by atoms with E-state index in [0.717, 1.165) is 22.0 Å². The summed E-state index contributed by atoms with van der Waals surface area (Å²) >= 11 is 1.58. The first kappa shape index (κ1) is 17.3. The Morgan fingerprint density at radius 2 is 1.92 bits per heavy atom. The van der Waals surface area contributed by atoms with Crippen molar-refractivity contribution in [3.05, 3.63) is 81.6 Å². The predicted molar refractivity (Wildman–Crippen MR) is 101 cm³/mol. The molecule has 2 aromatic heterocycles. The fourth-order valence-corrected chi connectivity index (χ4v) is 3.32. The Hall–Kier alpha value is -2.53. The quantitative estimate of drug-likeness (QED) is 0.681. The topological polar surface area (TPSA) is 46.1 Å². The zero-order chi connectivity index (χ0) is 17.6. The highest BCUT2D eigenvalue weighted by Crippen LogP contribution is 2.15. The van der Waals surface area contributed by atoms with E-state index in [9.17, 15) is 4.79 Å². The Morgan fingerprint density at radius 3 is 2.64 bits per heavy atom. The number of aromatic nitrogens is 2. The lowest BCUT2D eigenvalue weighted by atomic mass is 10.1. The molecule has 0 saturated heterocycles. The van der Waals surface area contributed by atoms with E-state index in [1.165, 1.54) is 5.56 Å². The molecule has 0 spiro atoms. The van der Waals surface area contributed by atoms with Crippen LogP contribution in [0.5, 0.6) is 0 Å². The number of carbonyl (C=O) groups excluding carboxylic acids is 1. The lowest BCUT2D eigenvalue weighted by molar-refractivity contribution is -0.129. The summed E-state index contributed by atoms with van der Waals surface area (Å²) in [5.41, 5.74) is 4.18. The van der Waals surface area contributed by atoms with Gasteiger partial charge in [-0.2, -0.15) is 0 Å². The summed E-state index contributed by atoms with van der Waals surface area (Å²) in [6.45, 7) is 2.67. The van der Waals surface area contributed by atoms with Crippen LogP contribution in [-0.4, -0.2) is 27.8 Å². The number of hydrogen-bond acceptors (Lipinski definition) is 4. The standard InChI is InChI=1S/C20H21N3OS/c1-15-6-8-16(9-7-15)13-23(2)20(24)12-18-14-25-19(22-18)11-17-5-3-4-10-21-17/h3-10,14H,11-13H2,1-2H3. The van der Waals surface area contributed by atoms with Crippen LogP contribution >= 0.6 is 11.3 Å². The van der Waals surface area contributed by atoms with Gasteiger partial charge in [-0.05, 0) is 24.6 Å². The average molecular weight is 351 g/mol. The van der Waals surface area contributed by atoms with Crippen molar-refractivity contribution in [2.75, 3.05) is 7.05 Å². The fourth-order valence-electron chi connectivity index (χ4n) is 2.51. The third-order valence-corrected chi connectivity index (χ3v) is 4.85. The Balaban J connectivity index is 1.56. The molecule has 1 amide bonds. The normalized spacial score (nSPS) is 10.6. The van der Waals surface area contributed by atoms with Gasteiger partial charge in [0.2, 0.25) is 5.91 Å². The first-order chi connectivity index (χ1) is 12.1. The van der Waals surface area contributed by atoms with Crippen LogP contribution in [-0.2, 0) is 24.2 Å². The van der Waals surface area contributed by atoms with Crippen molar-refractivity contribution in [3.63, 3.8) is 0 Å². The highest BCUT2D eigenvalue weighted by Gasteiger charge is 2.13. The average Bonchev–Trinajstić information content (AvgIpc) is 3.04. The van der Waals surface area contributed by atoms with E-state index in [4.69, 9.17) is 0 Å². The van der Waals surface area contributed by atoms with E-state index >= 15 is 0 Å². The molecule has 1 aromatic carbocycles. The molecule has 4 nitrogen and oxygen atoms in total. The summed E-state index contributed by atoms with van der Waals surface area (Å²) in [6, 6.07) is 14.1. The molecule has 25 heavy (non-hydrogen) atoms. The van der Waals surface area contributed by atoms with Crippen molar-refractivity contribution in [2.24, 2.45) is 0 Å². The van der Waals surface area contributed by atoms with E-state index in [1.54, 1.807) is 22.4 Å². The van der Waals surface area contributed by atoms with Crippen LogP contribution in [0.3, 0.4) is 0 Å². The highest BCUT2D eigenvalue weighted by molar-refractivity contribution is 7.09. The second-order valence-corrected chi connectivity index (χ2v) is 7.09. The van der Waals surface area contributed by atoms with Crippen molar-refractivity contribution in [1.82, 2.24) is 14.9 Å². The molecule has 0 bridgehead atoms. The number of rotatable bonds is 6. The SMILES string of the molecule is Cc1ccc(CN(C)C(=O)Cc2csc(Cc3ccccn3)n2)cc1. The molecule has 0 atom stereocenters. The molecule has 0 aliphatic heterocycles. The van der Waals surface area contributed by atoms with Crippen LogP contribution in [0.2, 0.25) is 0 Å². The number of likely N-dealkylation sites (N-methyl/N-ethyl adjacent to an activating group) is 1. The Labute approximate surface area is 152 Å². The van der Waals surface area contributed by atoms with E-state index in [2.05, 4.69) is 41.2 Å². The van der Waals surface area contributed by atoms with Gasteiger partial charge in [0.1, 0.15) is 0 Å².